The molecule has 32 heavy (non-hydrogen) atoms. The molecule has 4 rings (SSSR count). The maximum Gasteiger partial charge on any atom is 0.234 e. The first-order valence-corrected chi connectivity index (χ1v) is 10.3. The first-order valence-electron chi connectivity index (χ1n) is 10.3. The Bertz CT molecular complexity index is 1070. The summed E-state index contributed by atoms with van der Waals surface area (Å²) in [5, 5.41) is 16.0. The van der Waals surface area contributed by atoms with Gasteiger partial charge >= 0.3 is 0 Å². The van der Waals surface area contributed by atoms with Crippen molar-refractivity contribution in [2.45, 2.75) is 12.5 Å². The second-order valence-corrected chi connectivity index (χ2v) is 7.49. The minimum Gasteiger partial charge on any atom is -0.368 e. The van der Waals surface area contributed by atoms with Crippen LogP contribution in [0.2, 0.25) is 0 Å². The molecule has 0 aliphatic carbocycles. The van der Waals surface area contributed by atoms with Crippen molar-refractivity contribution in [2.24, 2.45) is 0 Å². The number of nitrogens with zero attached hydrogens (tertiary/aromatic N) is 3. The molecule has 2 aromatic heterocycles. The van der Waals surface area contributed by atoms with Crippen LogP contribution in [0, 0.1) is 5.82 Å². The van der Waals surface area contributed by atoms with Gasteiger partial charge in [0, 0.05) is 25.8 Å². The summed E-state index contributed by atoms with van der Waals surface area (Å²) < 4.78 is 13.5. The lowest BCUT2D eigenvalue weighted by molar-refractivity contribution is -0.122. The van der Waals surface area contributed by atoms with E-state index in [2.05, 4.69) is 31.1 Å². The molecule has 1 atom stereocenters. The molecular formula is C22H24FN7O2. The van der Waals surface area contributed by atoms with Crippen LogP contribution in [0.3, 0.4) is 0 Å². The number of hydrogen-bond acceptors (Lipinski definition) is 6. The highest BCUT2D eigenvalue weighted by Gasteiger charge is 2.22. The van der Waals surface area contributed by atoms with Crippen LogP contribution in [-0.2, 0) is 16.0 Å². The fourth-order valence-electron chi connectivity index (χ4n) is 3.62. The van der Waals surface area contributed by atoms with Crippen molar-refractivity contribution in [3.8, 4) is 11.4 Å². The molecule has 10 heteroatoms. The van der Waals surface area contributed by atoms with Gasteiger partial charge < -0.3 is 20.9 Å². The number of carbonyl (C=O) groups excluding carboxylic acids is 2. The zero-order valence-electron chi connectivity index (χ0n) is 17.3. The molecule has 0 radical (unpaired) electrons. The number of anilines is 2. The summed E-state index contributed by atoms with van der Waals surface area (Å²) in [6, 6.07) is 11.6. The van der Waals surface area contributed by atoms with E-state index in [0.29, 0.717) is 43.3 Å². The molecule has 0 spiro atoms. The number of H-pyrrole nitrogens is 1. The van der Waals surface area contributed by atoms with E-state index >= 15 is 0 Å². The Morgan fingerprint density at radius 2 is 2.16 bits per heavy atom. The molecule has 9 nitrogen and oxygen atoms in total. The number of piperazine rings is 1. The molecule has 166 valence electrons. The largest absolute Gasteiger partial charge is 0.368 e. The van der Waals surface area contributed by atoms with Gasteiger partial charge in [0.15, 0.2) is 5.82 Å². The third-order valence-electron chi connectivity index (χ3n) is 5.14. The average molecular weight is 437 g/mol. The zero-order valence-corrected chi connectivity index (χ0v) is 17.3. The van der Waals surface area contributed by atoms with Crippen LogP contribution in [0.25, 0.3) is 11.4 Å². The van der Waals surface area contributed by atoms with Crippen molar-refractivity contribution in [1.29, 1.82) is 0 Å². The van der Waals surface area contributed by atoms with Crippen LogP contribution in [0.4, 0.5) is 15.9 Å². The standard InChI is InChI=1S/C22H24FN7O2/c23-16-3-1-2-15(10-16)6-8-25-22-20(5-4-18(28-22)19-7-9-26-29-19)30(14-31)13-17-11-24-12-21(32)27-17/h1-5,7,9-10,14,17,24H,6,8,11-13H2,(H,25,28)(H,26,29)(H,27,32). The highest BCUT2D eigenvalue weighted by Crippen LogP contribution is 2.27. The number of amides is 2. The minimum absolute atomic E-state index is 0.103. The van der Waals surface area contributed by atoms with E-state index in [-0.39, 0.29) is 24.3 Å². The maximum atomic E-state index is 13.5. The number of nitrogens with one attached hydrogen (secondary N) is 4. The fourth-order valence-corrected chi connectivity index (χ4v) is 3.62. The molecule has 3 aromatic rings. The Labute approximate surface area is 184 Å². The lowest BCUT2D eigenvalue weighted by atomic mass is 10.1. The molecule has 4 N–H and O–H groups in total. The molecule has 1 aliphatic heterocycles. The fraction of sp³-hybridized carbons (Fsp3) is 0.273. The Hall–Kier alpha value is -3.79. The second-order valence-electron chi connectivity index (χ2n) is 7.49. The van der Waals surface area contributed by atoms with E-state index in [1.165, 1.54) is 17.0 Å². The van der Waals surface area contributed by atoms with Gasteiger partial charge in [-0.3, -0.25) is 14.7 Å². The predicted octanol–water partition coefficient (Wildman–Crippen LogP) is 1.32. The normalized spacial score (nSPS) is 15.8. The zero-order chi connectivity index (χ0) is 22.3. The highest BCUT2D eigenvalue weighted by atomic mass is 19.1. The van der Waals surface area contributed by atoms with Gasteiger partial charge in [0.05, 0.1) is 29.7 Å². The summed E-state index contributed by atoms with van der Waals surface area (Å²) in [4.78, 5) is 29.8. The van der Waals surface area contributed by atoms with Gasteiger partial charge in [-0.15, -0.1) is 0 Å². The number of hydrogen-bond donors (Lipinski definition) is 4. The number of carbonyl (C=O) groups is 2. The van der Waals surface area contributed by atoms with Crippen molar-refractivity contribution >= 4 is 23.8 Å². The van der Waals surface area contributed by atoms with Crippen molar-refractivity contribution in [3.63, 3.8) is 0 Å². The van der Waals surface area contributed by atoms with Crippen molar-refractivity contribution < 1.29 is 14.0 Å². The third-order valence-corrected chi connectivity index (χ3v) is 5.14. The third kappa shape index (κ3) is 5.27. The molecule has 3 heterocycles. The number of rotatable bonds is 9. The summed E-state index contributed by atoms with van der Waals surface area (Å²) in [5.74, 6) is 0.127. The summed E-state index contributed by atoms with van der Waals surface area (Å²) in [5.41, 5.74) is 2.85. The number of aromatic amines is 1. The van der Waals surface area contributed by atoms with Crippen LogP contribution in [0.5, 0.6) is 0 Å². The summed E-state index contributed by atoms with van der Waals surface area (Å²) in [7, 11) is 0. The van der Waals surface area contributed by atoms with Gasteiger partial charge in [0.2, 0.25) is 12.3 Å². The Kier molecular flexibility index (Phi) is 6.71. The van der Waals surface area contributed by atoms with Crippen LogP contribution < -0.4 is 20.9 Å². The molecule has 1 unspecified atom stereocenters. The SMILES string of the molecule is O=CN(CC1CNCC(=O)N1)c1ccc(-c2ccn[nH]2)nc1NCCc1cccc(F)c1. The molecular weight excluding hydrogens is 413 g/mol. The van der Waals surface area contributed by atoms with E-state index < -0.39 is 0 Å². The summed E-state index contributed by atoms with van der Waals surface area (Å²) >= 11 is 0. The van der Waals surface area contributed by atoms with E-state index in [0.717, 1.165) is 17.7 Å². The number of pyridine rings is 1. The van der Waals surface area contributed by atoms with Gasteiger partial charge in [-0.05, 0) is 42.3 Å². The molecule has 1 fully saturated rings. The number of benzene rings is 1. The Balaban J connectivity index is 1.55. The molecule has 0 saturated carbocycles. The highest BCUT2D eigenvalue weighted by molar-refractivity contribution is 5.84. The quantitative estimate of drug-likeness (QED) is 0.376. The maximum absolute atomic E-state index is 13.5. The van der Waals surface area contributed by atoms with Gasteiger partial charge in [0.1, 0.15) is 5.82 Å². The first-order chi connectivity index (χ1) is 15.6. The van der Waals surface area contributed by atoms with Crippen LogP contribution in [0.1, 0.15) is 5.56 Å². The van der Waals surface area contributed by atoms with Gasteiger partial charge in [0.25, 0.3) is 0 Å². The van der Waals surface area contributed by atoms with Crippen molar-refractivity contribution in [2.75, 3.05) is 36.4 Å². The summed E-state index contributed by atoms with van der Waals surface area (Å²) in [6.07, 6.45) is 2.95. The molecule has 1 aromatic carbocycles. The van der Waals surface area contributed by atoms with Gasteiger partial charge in [-0.1, -0.05) is 12.1 Å². The van der Waals surface area contributed by atoms with Crippen LogP contribution >= 0.6 is 0 Å². The molecule has 0 bridgehead atoms. The van der Waals surface area contributed by atoms with Gasteiger partial charge in [-0.2, -0.15) is 5.10 Å². The van der Waals surface area contributed by atoms with Crippen molar-refractivity contribution in [1.82, 2.24) is 25.8 Å². The molecule has 2 amide bonds. The Morgan fingerprint density at radius 1 is 1.25 bits per heavy atom. The minimum atomic E-state index is -0.280. The molecule has 1 saturated heterocycles. The van der Waals surface area contributed by atoms with Crippen LogP contribution in [-0.4, -0.2) is 59.7 Å². The number of halogens is 1. The monoisotopic (exact) mass is 437 g/mol. The second kappa shape index (κ2) is 10.0. The first kappa shape index (κ1) is 21.4. The van der Waals surface area contributed by atoms with E-state index in [9.17, 15) is 14.0 Å². The van der Waals surface area contributed by atoms with Crippen LogP contribution in [0.15, 0.2) is 48.7 Å². The van der Waals surface area contributed by atoms with E-state index in [1.54, 1.807) is 30.5 Å². The average Bonchev–Trinajstić information content (AvgIpc) is 3.33. The number of aromatic nitrogens is 3. The lowest BCUT2D eigenvalue weighted by Crippen LogP contribution is -2.56. The molecule has 1 aliphatic rings. The predicted molar refractivity (Wildman–Crippen MR) is 119 cm³/mol. The topological polar surface area (TPSA) is 115 Å². The van der Waals surface area contributed by atoms with Crippen molar-refractivity contribution in [3.05, 3.63) is 60.0 Å². The van der Waals surface area contributed by atoms with E-state index in [4.69, 9.17) is 0 Å². The summed E-state index contributed by atoms with van der Waals surface area (Å²) in [6.45, 7) is 1.62. The van der Waals surface area contributed by atoms with Gasteiger partial charge in [-0.25, -0.2) is 9.37 Å². The smallest absolute Gasteiger partial charge is 0.234 e. The lowest BCUT2D eigenvalue weighted by Gasteiger charge is -2.29. The Morgan fingerprint density at radius 3 is 2.91 bits per heavy atom. The van der Waals surface area contributed by atoms with E-state index in [1.807, 2.05) is 6.07 Å².